The minimum absolute atomic E-state index is 0.176. The van der Waals surface area contributed by atoms with Crippen LogP contribution in [0.1, 0.15) is 15.9 Å². The minimum Gasteiger partial charge on any atom is -0.497 e. The van der Waals surface area contributed by atoms with Crippen LogP contribution in [0.3, 0.4) is 0 Å². The number of carbonyl (C=O) groups excluding carboxylic acids is 1. The molecule has 1 amide bonds. The maximum Gasteiger partial charge on any atom is 0.253 e. The van der Waals surface area contributed by atoms with Crippen molar-refractivity contribution in [3.05, 3.63) is 76.8 Å². The van der Waals surface area contributed by atoms with Crippen molar-refractivity contribution in [1.29, 1.82) is 0 Å². The number of hydrogen-bond acceptors (Lipinski definition) is 2. The van der Waals surface area contributed by atoms with E-state index in [-0.39, 0.29) is 5.91 Å². The van der Waals surface area contributed by atoms with E-state index in [1.54, 1.807) is 31.4 Å². The van der Waals surface area contributed by atoms with Crippen LogP contribution in [0, 0.1) is 0 Å². The average Bonchev–Trinajstić information content (AvgIpc) is 2.59. The van der Waals surface area contributed by atoms with Gasteiger partial charge in [0.1, 0.15) is 5.75 Å². The van der Waals surface area contributed by atoms with Gasteiger partial charge in [-0.05, 0) is 46.7 Å². The molecule has 1 N–H and O–H groups in total. The van der Waals surface area contributed by atoms with E-state index in [9.17, 15) is 4.79 Å². The molecule has 0 unspecified atom stereocenters. The van der Waals surface area contributed by atoms with E-state index in [0.717, 1.165) is 22.1 Å². The van der Waals surface area contributed by atoms with Crippen molar-refractivity contribution < 1.29 is 9.53 Å². The Morgan fingerprint density at radius 1 is 1.04 bits per heavy atom. The molecule has 23 heavy (non-hydrogen) atoms. The fraction of sp³-hybridized carbons (Fsp3) is 0.105. The zero-order chi connectivity index (χ0) is 16.2. The van der Waals surface area contributed by atoms with Crippen LogP contribution < -0.4 is 10.1 Å². The third-order valence-corrected chi connectivity index (χ3v) is 4.01. The first-order valence-electron chi connectivity index (χ1n) is 7.27. The molecule has 0 bridgehead atoms. The lowest BCUT2D eigenvalue weighted by Crippen LogP contribution is -2.23. The fourth-order valence-corrected chi connectivity index (χ4v) is 2.65. The molecule has 3 rings (SSSR count). The van der Waals surface area contributed by atoms with Gasteiger partial charge in [-0.25, -0.2) is 0 Å². The zero-order valence-corrected chi connectivity index (χ0v) is 13.4. The van der Waals surface area contributed by atoms with Crippen LogP contribution >= 0.6 is 11.6 Å². The van der Waals surface area contributed by atoms with Crippen LogP contribution in [-0.4, -0.2) is 13.0 Å². The second-order valence-corrected chi connectivity index (χ2v) is 5.62. The van der Waals surface area contributed by atoms with Gasteiger partial charge in [-0.1, -0.05) is 41.9 Å². The first kappa shape index (κ1) is 15.4. The van der Waals surface area contributed by atoms with Gasteiger partial charge in [-0.2, -0.15) is 0 Å². The number of rotatable bonds is 4. The summed E-state index contributed by atoms with van der Waals surface area (Å²) in [5, 5.41) is 5.56. The van der Waals surface area contributed by atoms with E-state index in [4.69, 9.17) is 16.3 Å². The molecule has 3 nitrogen and oxygen atoms in total. The number of amides is 1. The molecule has 0 aliphatic carbocycles. The highest BCUT2D eigenvalue weighted by molar-refractivity contribution is 6.33. The maximum absolute atomic E-state index is 12.2. The Labute approximate surface area is 139 Å². The van der Waals surface area contributed by atoms with Gasteiger partial charge >= 0.3 is 0 Å². The van der Waals surface area contributed by atoms with Crippen molar-refractivity contribution in [3.8, 4) is 5.75 Å². The lowest BCUT2D eigenvalue weighted by Gasteiger charge is -2.08. The summed E-state index contributed by atoms with van der Waals surface area (Å²) in [7, 11) is 1.65. The Morgan fingerprint density at radius 2 is 1.78 bits per heavy atom. The summed E-state index contributed by atoms with van der Waals surface area (Å²) < 4.78 is 5.22. The van der Waals surface area contributed by atoms with E-state index >= 15 is 0 Å². The van der Waals surface area contributed by atoms with Crippen LogP contribution in [0.5, 0.6) is 5.75 Å². The molecule has 0 aliphatic heterocycles. The SMILES string of the molecule is COc1ccc2cc(CNC(=O)c3ccccc3Cl)ccc2c1. The molecular formula is C19H16ClNO2. The van der Waals surface area contributed by atoms with Gasteiger partial charge in [-0.3, -0.25) is 4.79 Å². The molecule has 0 fully saturated rings. The van der Waals surface area contributed by atoms with Crippen LogP contribution in [0.2, 0.25) is 5.02 Å². The summed E-state index contributed by atoms with van der Waals surface area (Å²) in [4.78, 5) is 12.2. The van der Waals surface area contributed by atoms with Gasteiger partial charge in [0.25, 0.3) is 5.91 Å². The number of nitrogens with one attached hydrogen (secondary N) is 1. The third-order valence-electron chi connectivity index (χ3n) is 3.68. The number of carbonyl (C=O) groups is 1. The average molecular weight is 326 g/mol. The molecule has 0 radical (unpaired) electrons. The lowest BCUT2D eigenvalue weighted by atomic mass is 10.1. The Morgan fingerprint density at radius 3 is 2.57 bits per heavy atom. The standard InChI is InChI=1S/C19H16ClNO2/c1-23-16-9-8-14-10-13(6-7-15(14)11-16)12-21-19(22)17-4-2-3-5-18(17)20/h2-11H,12H2,1H3,(H,21,22). The van der Waals surface area contributed by atoms with E-state index in [1.807, 2.05) is 30.3 Å². The fourth-order valence-electron chi connectivity index (χ4n) is 2.43. The van der Waals surface area contributed by atoms with Crippen LogP contribution in [0.4, 0.5) is 0 Å². The summed E-state index contributed by atoms with van der Waals surface area (Å²) in [6.07, 6.45) is 0. The van der Waals surface area contributed by atoms with Gasteiger partial charge in [0.15, 0.2) is 0 Å². The summed E-state index contributed by atoms with van der Waals surface area (Å²) in [5.41, 5.74) is 1.52. The highest BCUT2D eigenvalue weighted by Crippen LogP contribution is 2.22. The number of methoxy groups -OCH3 is 1. The maximum atomic E-state index is 12.2. The summed E-state index contributed by atoms with van der Waals surface area (Å²) in [6, 6.07) is 19.0. The summed E-state index contributed by atoms with van der Waals surface area (Å²) >= 11 is 6.03. The van der Waals surface area contributed by atoms with Crippen LogP contribution in [0.15, 0.2) is 60.7 Å². The molecular weight excluding hydrogens is 310 g/mol. The molecule has 0 atom stereocenters. The molecule has 0 saturated carbocycles. The van der Waals surface area contributed by atoms with Crippen molar-refractivity contribution in [2.24, 2.45) is 0 Å². The second-order valence-electron chi connectivity index (χ2n) is 5.21. The van der Waals surface area contributed by atoms with Crippen molar-refractivity contribution in [1.82, 2.24) is 5.32 Å². The number of ether oxygens (including phenoxy) is 1. The molecule has 3 aromatic rings. The predicted molar refractivity (Wildman–Crippen MR) is 93.1 cm³/mol. The Bertz CT molecular complexity index is 861. The van der Waals surface area contributed by atoms with Crippen LogP contribution in [-0.2, 0) is 6.54 Å². The Balaban J connectivity index is 1.74. The van der Waals surface area contributed by atoms with E-state index in [1.165, 1.54) is 0 Å². The topological polar surface area (TPSA) is 38.3 Å². The first-order chi connectivity index (χ1) is 11.2. The number of fused-ring (bicyclic) bond motifs is 1. The number of benzene rings is 3. The molecule has 3 aromatic carbocycles. The monoisotopic (exact) mass is 325 g/mol. The first-order valence-corrected chi connectivity index (χ1v) is 7.64. The Hall–Kier alpha value is -2.52. The highest BCUT2D eigenvalue weighted by atomic mass is 35.5. The molecule has 0 spiro atoms. The summed E-state index contributed by atoms with van der Waals surface area (Å²) in [6.45, 7) is 0.450. The Kier molecular flexibility index (Phi) is 4.49. The van der Waals surface area contributed by atoms with Gasteiger partial charge in [-0.15, -0.1) is 0 Å². The molecule has 0 saturated heterocycles. The van der Waals surface area contributed by atoms with Crippen molar-refractivity contribution in [2.45, 2.75) is 6.54 Å². The second kappa shape index (κ2) is 6.71. The van der Waals surface area contributed by atoms with Crippen molar-refractivity contribution in [2.75, 3.05) is 7.11 Å². The van der Waals surface area contributed by atoms with Gasteiger partial charge < -0.3 is 10.1 Å². The van der Waals surface area contributed by atoms with Gasteiger partial charge in [0, 0.05) is 6.54 Å². The molecule has 116 valence electrons. The quantitative estimate of drug-likeness (QED) is 0.770. The minimum atomic E-state index is -0.176. The molecule has 4 heteroatoms. The number of halogens is 1. The van der Waals surface area contributed by atoms with Gasteiger partial charge in [0.2, 0.25) is 0 Å². The highest BCUT2D eigenvalue weighted by Gasteiger charge is 2.09. The smallest absolute Gasteiger partial charge is 0.253 e. The zero-order valence-electron chi connectivity index (χ0n) is 12.7. The molecule has 0 heterocycles. The van der Waals surface area contributed by atoms with Crippen molar-refractivity contribution in [3.63, 3.8) is 0 Å². The third kappa shape index (κ3) is 3.46. The molecule has 0 aliphatic rings. The number of hydrogen-bond donors (Lipinski definition) is 1. The predicted octanol–water partition coefficient (Wildman–Crippen LogP) is 4.43. The van der Waals surface area contributed by atoms with E-state index in [0.29, 0.717) is 17.1 Å². The largest absolute Gasteiger partial charge is 0.497 e. The summed E-state index contributed by atoms with van der Waals surface area (Å²) in [5.74, 6) is 0.655. The van der Waals surface area contributed by atoms with Crippen molar-refractivity contribution >= 4 is 28.3 Å². The lowest BCUT2D eigenvalue weighted by molar-refractivity contribution is 0.0951. The molecule has 0 aromatic heterocycles. The van der Waals surface area contributed by atoms with Crippen LogP contribution in [0.25, 0.3) is 10.8 Å². The normalized spacial score (nSPS) is 10.5. The van der Waals surface area contributed by atoms with E-state index in [2.05, 4.69) is 11.4 Å². The van der Waals surface area contributed by atoms with Gasteiger partial charge in [0.05, 0.1) is 17.7 Å². The van der Waals surface area contributed by atoms with E-state index < -0.39 is 0 Å².